The lowest BCUT2D eigenvalue weighted by molar-refractivity contribution is -0.133. The van der Waals surface area contributed by atoms with Crippen molar-refractivity contribution in [2.75, 3.05) is 19.6 Å². The molecule has 114 valence electrons. The number of amides is 2. The van der Waals surface area contributed by atoms with Gasteiger partial charge in [-0.15, -0.1) is 0 Å². The molecule has 0 saturated carbocycles. The first-order chi connectivity index (χ1) is 9.56. The summed E-state index contributed by atoms with van der Waals surface area (Å²) in [7, 11) is 0. The summed E-state index contributed by atoms with van der Waals surface area (Å²) in [6, 6.07) is 0.576. The Hall–Kier alpha value is -1.10. The molecule has 2 aliphatic rings. The Bertz CT molecular complexity index is 351. The highest BCUT2D eigenvalue weighted by molar-refractivity contribution is 5.77. The van der Waals surface area contributed by atoms with Crippen molar-refractivity contribution >= 4 is 11.8 Å². The van der Waals surface area contributed by atoms with Gasteiger partial charge in [-0.2, -0.15) is 0 Å². The van der Waals surface area contributed by atoms with E-state index in [1.165, 1.54) is 12.8 Å². The lowest BCUT2D eigenvalue weighted by Gasteiger charge is -2.35. The van der Waals surface area contributed by atoms with E-state index in [2.05, 4.69) is 17.6 Å². The van der Waals surface area contributed by atoms with Crippen LogP contribution in [-0.4, -0.2) is 48.4 Å². The van der Waals surface area contributed by atoms with E-state index in [0.717, 1.165) is 32.5 Å². The van der Waals surface area contributed by atoms with Crippen LogP contribution in [0.25, 0.3) is 0 Å². The highest BCUT2D eigenvalue weighted by Gasteiger charge is 2.28. The first kappa shape index (κ1) is 15.3. The normalized spacial score (nSPS) is 28.2. The molecule has 2 heterocycles. The van der Waals surface area contributed by atoms with Gasteiger partial charge >= 0.3 is 0 Å². The summed E-state index contributed by atoms with van der Waals surface area (Å²) in [4.78, 5) is 25.3. The Morgan fingerprint density at radius 3 is 2.55 bits per heavy atom. The zero-order valence-corrected chi connectivity index (χ0v) is 12.7. The summed E-state index contributed by atoms with van der Waals surface area (Å²) in [5, 5.41) is 6.41. The van der Waals surface area contributed by atoms with Gasteiger partial charge < -0.3 is 15.5 Å². The van der Waals surface area contributed by atoms with Crippen molar-refractivity contribution in [1.82, 2.24) is 15.5 Å². The molecule has 2 N–H and O–H groups in total. The Morgan fingerprint density at radius 1 is 1.25 bits per heavy atom. The SMILES string of the molecule is CC(=O)NC1CCN(C(=O)CC2NCCCC2C)CC1. The second-order valence-corrected chi connectivity index (χ2v) is 6.24. The molecule has 2 fully saturated rings. The maximum absolute atomic E-state index is 12.3. The molecule has 0 spiro atoms. The molecule has 0 radical (unpaired) electrons. The number of rotatable bonds is 3. The number of carbonyl (C=O) groups excluding carboxylic acids is 2. The molecule has 2 unspecified atom stereocenters. The molecule has 5 nitrogen and oxygen atoms in total. The Balaban J connectivity index is 1.75. The van der Waals surface area contributed by atoms with Crippen LogP contribution < -0.4 is 10.6 Å². The quantitative estimate of drug-likeness (QED) is 0.808. The molecule has 20 heavy (non-hydrogen) atoms. The summed E-state index contributed by atoms with van der Waals surface area (Å²) < 4.78 is 0. The lowest BCUT2D eigenvalue weighted by atomic mass is 9.90. The Kier molecular flexibility index (Phi) is 5.40. The second kappa shape index (κ2) is 7.07. The standard InChI is InChI=1S/C15H27N3O2/c1-11-4-3-7-16-14(11)10-15(20)18-8-5-13(6-9-18)17-12(2)19/h11,13-14,16H,3-10H2,1-2H3,(H,17,19). The molecule has 2 rings (SSSR count). The molecular formula is C15H27N3O2. The topological polar surface area (TPSA) is 61.4 Å². The third-order valence-electron chi connectivity index (χ3n) is 4.58. The summed E-state index contributed by atoms with van der Waals surface area (Å²) in [6.45, 7) is 6.35. The average Bonchev–Trinajstić information content (AvgIpc) is 2.41. The molecule has 5 heteroatoms. The van der Waals surface area contributed by atoms with Gasteiger partial charge in [-0.05, 0) is 38.1 Å². The van der Waals surface area contributed by atoms with Gasteiger partial charge in [0.1, 0.15) is 0 Å². The summed E-state index contributed by atoms with van der Waals surface area (Å²) >= 11 is 0. The predicted octanol–water partition coefficient (Wildman–Crippen LogP) is 0.892. The minimum Gasteiger partial charge on any atom is -0.353 e. The van der Waals surface area contributed by atoms with Crippen molar-refractivity contribution in [1.29, 1.82) is 0 Å². The number of nitrogens with zero attached hydrogens (tertiary/aromatic N) is 1. The fraction of sp³-hybridized carbons (Fsp3) is 0.867. The van der Waals surface area contributed by atoms with Crippen molar-refractivity contribution < 1.29 is 9.59 Å². The van der Waals surface area contributed by atoms with Crippen LogP contribution in [0.2, 0.25) is 0 Å². The average molecular weight is 281 g/mol. The van der Waals surface area contributed by atoms with E-state index in [1.807, 2.05) is 4.90 Å². The monoisotopic (exact) mass is 281 g/mol. The first-order valence-corrected chi connectivity index (χ1v) is 7.84. The van der Waals surface area contributed by atoms with Gasteiger partial charge in [0.15, 0.2) is 0 Å². The largest absolute Gasteiger partial charge is 0.353 e. The smallest absolute Gasteiger partial charge is 0.224 e. The van der Waals surface area contributed by atoms with Crippen LogP contribution >= 0.6 is 0 Å². The molecule has 2 aliphatic heterocycles. The van der Waals surface area contributed by atoms with Gasteiger partial charge in [-0.3, -0.25) is 9.59 Å². The molecule has 0 aromatic rings. The van der Waals surface area contributed by atoms with Crippen LogP contribution in [0.5, 0.6) is 0 Å². The molecule has 0 aromatic carbocycles. The van der Waals surface area contributed by atoms with Gasteiger partial charge in [-0.25, -0.2) is 0 Å². The number of piperidine rings is 2. The van der Waals surface area contributed by atoms with Crippen LogP contribution in [0.15, 0.2) is 0 Å². The van der Waals surface area contributed by atoms with E-state index in [4.69, 9.17) is 0 Å². The van der Waals surface area contributed by atoms with E-state index >= 15 is 0 Å². The molecule has 0 bridgehead atoms. The minimum absolute atomic E-state index is 0.0232. The third kappa shape index (κ3) is 4.20. The highest BCUT2D eigenvalue weighted by atomic mass is 16.2. The maximum Gasteiger partial charge on any atom is 0.224 e. The number of likely N-dealkylation sites (tertiary alicyclic amines) is 1. The van der Waals surface area contributed by atoms with E-state index < -0.39 is 0 Å². The molecule has 0 aromatic heterocycles. The highest BCUT2D eigenvalue weighted by Crippen LogP contribution is 2.20. The third-order valence-corrected chi connectivity index (χ3v) is 4.58. The Labute approximate surface area is 121 Å². The van der Waals surface area contributed by atoms with E-state index in [1.54, 1.807) is 6.92 Å². The lowest BCUT2D eigenvalue weighted by Crippen LogP contribution is -2.49. The second-order valence-electron chi connectivity index (χ2n) is 6.24. The van der Waals surface area contributed by atoms with E-state index in [9.17, 15) is 9.59 Å². The fourth-order valence-electron chi connectivity index (χ4n) is 3.27. The molecule has 2 saturated heterocycles. The number of hydrogen-bond acceptors (Lipinski definition) is 3. The molecule has 0 aliphatic carbocycles. The summed E-state index contributed by atoms with van der Waals surface area (Å²) in [5.41, 5.74) is 0. The van der Waals surface area contributed by atoms with E-state index in [0.29, 0.717) is 18.4 Å². The summed E-state index contributed by atoms with van der Waals surface area (Å²) in [5.74, 6) is 0.872. The van der Waals surface area contributed by atoms with Gasteiger partial charge in [0.25, 0.3) is 0 Å². The van der Waals surface area contributed by atoms with Crippen LogP contribution in [0.1, 0.15) is 46.0 Å². The van der Waals surface area contributed by atoms with Gasteiger partial charge in [-0.1, -0.05) is 6.92 Å². The zero-order chi connectivity index (χ0) is 14.5. The van der Waals surface area contributed by atoms with Crippen LogP contribution in [-0.2, 0) is 9.59 Å². The molecule has 2 amide bonds. The van der Waals surface area contributed by atoms with Gasteiger partial charge in [0.2, 0.25) is 11.8 Å². The minimum atomic E-state index is 0.0232. The van der Waals surface area contributed by atoms with Crippen molar-refractivity contribution in [3.8, 4) is 0 Å². The van der Waals surface area contributed by atoms with Crippen LogP contribution in [0.3, 0.4) is 0 Å². The number of hydrogen-bond donors (Lipinski definition) is 2. The Morgan fingerprint density at radius 2 is 1.95 bits per heavy atom. The van der Waals surface area contributed by atoms with Gasteiger partial charge in [0, 0.05) is 38.5 Å². The first-order valence-electron chi connectivity index (χ1n) is 7.84. The predicted molar refractivity (Wildman–Crippen MR) is 78.2 cm³/mol. The number of nitrogens with one attached hydrogen (secondary N) is 2. The van der Waals surface area contributed by atoms with E-state index in [-0.39, 0.29) is 17.9 Å². The van der Waals surface area contributed by atoms with Crippen LogP contribution in [0.4, 0.5) is 0 Å². The zero-order valence-electron chi connectivity index (χ0n) is 12.7. The van der Waals surface area contributed by atoms with Crippen molar-refractivity contribution in [2.45, 2.75) is 58.0 Å². The summed E-state index contributed by atoms with van der Waals surface area (Å²) in [6.07, 6.45) is 4.80. The maximum atomic E-state index is 12.3. The molecule has 2 atom stereocenters. The number of carbonyl (C=O) groups is 2. The van der Waals surface area contributed by atoms with Crippen molar-refractivity contribution in [3.05, 3.63) is 0 Å². The van der Waals surface area contributed by atoms with Crippen molar-refractivity contribution in [2.24, 2.45) is 5.92 Å². The molecular weight excluding hydrogens is 254 g/mol. The van der Waals surface area contributed by atoms with Gasteiger partial charge in [0.05, 0.1) is 0 Å². The van der Waals surface area contributed by atoms with Crippen molar-refractivity contribution in [3.63, 3.8) is 0 Å². The fourth-order valence-corrected chi connectivity index (χ4v) is 3.27. The van der Waals surface area contributed by atoms with Crippen LogP contribution in [0, 0.1) is 5.92 Å².